The molecular weight excluding hydrogens is 370 g/mol. The molecule has 5 nitrogen and oxygen atoms in total. The Kier molecular flexibility index (Phi) is 5.08. The number of pyridine rings is 1. The van der Waals surface area contributed by atoms with Gasteiger partial charge in [0.25, 0.3) is 0 Å². The maximum atomic E-state index is 12.2. The van der Waals surface area contributed by atoms with Crippen LogP contribution in [0.15, 0.2) is 54.6 Å². The van der Waals surface area contributed by atoms with Crippen LogP contribution < -0.4 is 9.62 Å². The van der Waals surface area contributed by atoms with Crippen molar-refractivity contribution in [2.75, 3.05) is 16.6 Å². The predicted octanol–water partition coefficient (Wildman–Crippen LogP) is 3.62. The number of hydrogen-bond donors (Lipinski definition) is 1. The first kappa shape index (κ1) is 18.9. The molecule has 1 aromatic heterocycles. The Bertz CT molecular complexity index is 1090. The lowest BCUT2D eigenvalue weighted by atomic mass is 10.1. The van der Waals surface area contributed by atoms with E-state index in [2.05, 4.69) is 22.4 Å². The first-order valence-corrected chi connectivity index (χ1v) is 11.2. The minimum absolute atomic E-state index is 0.171. The van der Waals surface area contributed by atoms with Gasteiger partial charge in [-0.1, -0.05) is 37.3 Å². The number of nitrogens with zero attached hydrogens (tertiary/aromatic N) is 2. The molecule has 0 bridgehead atoms. The van der Waals surface area contributed by atoms with Gasteiger partial charge in [-0.15, -0.1) is 0 Å². The fourth-order valence-electron chi connectivity index (χ4n) is 3.72. The van der Waals surface area contributed by atoms with E-state index >= 15 is 0 Å². The van der Waals surface area contributed by atoms with Gasteiger partial charge >= 0.3 is 0 Å². The first-order valence-electron chi connectivity index (χ1n) is 9.58. The molecular formula is C22H25N3O2S. The highest BCUT2D eigenvalue weighted by Gasteiger charge is 2.33. The minimum atomic E-state index is -3.17. The number of sulfonamides is 1. The molecule has 2 aromatic carbocycles. The highest BCUT2D eigenvalue weighted by Crippen LogP contribution is 2.27. The van der Waals surface area contributed by atoms with Gasteiger partial charge in [0.1, 0.15) is 0 Å². The number of para-hydroxylation sites is 1. The summed E-state index contributed by atoms with van der Waals surface area (Å²) in [6.45, 7) is 6.03. The van der Waals surface area contributed by atoms with Crippen LogP contribution in [0.4, 0.5) is 5.69 Å². The smallest absolute Gasteiger partial charge is 0.235 e. The third-order valence-electron chi connectivity index (χ3n) is 5.20. The predicted molar refractivity (Wildman–Crippen MR) is 114 cm³/mol. The number of aryl methyl sites for hydroxylation is 1. The van der Waals surface area contributed by atoms with E-state index < -0.39 is 10.0 Å². The Balaban J connectivity index is 1.40. The van der Waals surface area contributed by atoms with Crippen molar-refractivity contribution in [1.29, 1.82) is 0 Å². The van der Waals surface area contributed by atoms with E-state index in [0.29, 0.717) is 6.54 Å². The molecule has 1 aliphatic heterocycles. The lowest BCUT2D eigenvalue weighted by Crippen LogP contribution is -2.25. The molecule has 1 atom stereocenters. The van der Waals surface area contributed by atoms with E-state index in [-0.39, 0.29) is 11.7 Å². The van der Waals surface area contributed by atoms with Gasteiger partial charge in [0.05, 0.1) is 17.0 Å². The zero-order valence-electron chi connectivity index (χ0n) is 16.2. The Hall–Kier alpha value is -2.44. The largest absolute Gasteiger partial charge is 0.309 e. The standard InChI is InChI=1S/C22H25N3O2S/c1-16-14-25(28(26,27)15-16)21-9-7-18(8-10-21)12-23-13-20-11-19-5-3-4-6-22(19)24-17(20)2/h3-11,16,23H,12-15H2,1-2H3. The van der Waals surface area contributed by atoms with Gasteiger partial charge in [0, 0.05) is 30.7 Å². The van der Waals surface area contributed by atoms with E-state index in [1.807, 2.05) is 56.3 Å². The Morgan fingerprint density at radius 1 is 1.11 bits per heavy atom. The van der Waals surface area contributed by atoms with Crippen LogP contribution in [-0.4, -0.2) is 25.7 Å². The van der Waals surface area contributed by atoms with Crippen LogP contribution in [0.5, 0.6) is 0 Å². The van der Waals surface area contributed by atoms with Gasteiger partial charge in [-0.25, -0.2) is 8.42 Å². The number of aromatic nitrogens is 1. The van der Waals surface area contributed by atoms with Gasteiger partial charge in [-0.05, 0) is 48.2 Å². The monoisotopic (exact) mass is 395 g/mol. The van der Waals surface area contributed by atoms with Crippen LogP contribution in [0.3, 0.4) is 0 Å². The second-order valence-corrected chi connectivity index (χ2v) is 9.55. The van der Waals surface area contributed by atoms with Crippen molar-refractivity contribution >= 4 is 26.6 Å². The fourth-order valence-corrected chi connectivity index (χ4v) is 5.65. The summed E-state index contributed by atoms with van der Waals surface area (Å²) in [7, 11) is -3.17. The topological polar surface area (TPSA) is 62.3 Å². The van der Waals surface area contributed by atoms with Crippen LogP contribution in [0.25, 0.3) is 10.9 Å². The van der Waals surface area contributed by atoms with Crippen molar-refractivity contribution in [3.8, 4) is 0 Å². The zero-order chi connectivity index (χ0) is 19.7. The molecule has 4 rings (SSSR count). The van der Waals surface area contributed by atoms with Gasteiger partial charge < -0.3 is 5.32 Å². The van der Waals surface area contributed by atoms with E-state index in [4.69, 9.17) is 0 Å². The molecule has 1 saturated heterocycles. The van der Waals surface area contributed by atoms with Crippen molar-refractivity contribution in [2.45, 2.75) is 26.9 Å². The van der Waals surface area contributed by atoms with Crippen LogP contribution in [0.2, 0.25) is 0 Å². The summed E-state index contributed by atoms with van der Waals surface area (Å²) in [6.07, 6.45) is 0. The Morgan fingerprint density at radius 3 is 2.57 bits per heavy atom. The van der Waals surface area contributed by atoms with Crippen LogP contribution >= 0.6 is 0 Å². The lowest BCUT2D eigenvalue weighted by molar-refractivity contribution is 0.598. The van der Waals surface area contributed by atoms with Gasteiger partial charge in [0.2, 0.25) is 10.0 Å². The molecule has 0 saturated carbocycles. The van der Waals surface area contributed by atoms with Crippen molar-refractivity contribution in [3.63, 3.8) is 0 Å². The molecule has 3 aromatic rings. The summed E-state index contributed by atoms with van der Waals surface area (Å²) in [5, 5.41) is 4.61. The summed E-state index contributed by atoms with van der Waals surface area (Å²) in [5.74, 6) is 0.403. The van der Waals surface area contributed by atoms with Gasteiger partial charge in [-0.3, -0.25) is 9.29 Å². The van der Waals surface area contributed by atoms with Crippen molar-refractivity contribution in [2.24, 2.45) is 5.92 Å². The summed E-state index contributed by atoms with van der Waals surface area (Å²) in [5.41, 5.74) is 5.12. The molecule has 0 amide bonds. The lowest BCUT2D eigenvalue weighted by Gasteiger charge is -2.17. The number of anilines is 1. The normalized spacial score (nSPS) is 18.6. The molecule has 0 spiro atoms. The third-order valence-corrected chi connectivity index (χ3v) is 7.22. The summed E-state index contributed by atoms with van der Waals surface area (Å²) < 4.78 is 26.0. The van der Waals surface area contributed by atoms with Crippen LogP contribution in [0.1, 0.15) is 23.7 Å². The van der Waals surface area contributed by atoms with Crippen molar-refractivity contribution in [3.05, 3.63) is 71.4 Å². The average molecular weight is 396 g/mol. The summed E-state index contributed by atoms with van der Waals surface area (Å²) in [6, 6.07) is 18.1. The van der Waals surface area contributed by atoms with E-state index in [1.54, 1.807) is 0 Å². The van der Waals surface area contributed by atoms with Crippen molar-refractivity contribution in [1.82, 2.24) is 10.3 Å². The highest BCUT2D eigenvalue weighted by atomic mass is 32.2. The molecule has 1 N–H and O–H groups in total. The van der Waals surface area contributed by atoms with E-state index in [1.165, 1.54) is 9.87 Å². The van der Waals surface area contributed by atoms with E-state index in [0.717, 1.165) is 40.9 Å². The Labute approximate surface area is 166 Å². The molecule has 0 radical (unpaired) electrons. The van der Waals surface area contributed by atoms with E-state index in [9.17, 15) is 8.42 Å². The summed E-state index contributed by atoms with van der Waals surface area (Å²) >= 11 is 0. The molecule has 28 heavy (non-hydrogen) atoms. The fraction of sp³-hybridized carbons (Fsp3) is 0.318. The van der Waals surface area contributed by atoms with Crippen LogP contribution in [-0.2, 0) is 23.1 Å². The number of nitrogens with one attached hydrogen (secondary N) is 1. The third kappa shape index (κ3) is 3.88. The first-order chi connectivity index (χ1) is 13.4. The molecule has 146 valence electrons. The maximum absolute atomic E-state index is 12.2. The summed E-state index contributed by atoms with van der Waals surface area (Å²) in [4.78, 5) is 4.67. The molecule has 1 aliphatic rings. The average Bonchev–Trinajstić information content (AvgIpc) is 2.95. The number of fused-ring (bicyclic) bond motifs is 1. The molecule has 2 heterocycles. The Morgan fingerprint density at radius 2 is 1.86 bits per heavy atom. The maximum Gasteiger partial charge on any atom is 0.235 e. The van der Waals surface area contributed by atoms with Gasteiger partial charge in [-0.2, -0.15) is 0 Å². The minimum Gasteiger partial charge on any atom is -0.309 e. The zero-order valence-corrected chi connectivity index (χ0v) is 17.0. The SMILES string of the molecule is Cc1nc2ccccc2cc1CNCc1ccc(N2CC(C)CS2(=O)=O)cc1. The number of hydrogen-bond acceptors (Lipinski definition) is 4. The highest BCUT2D eigenvalue weighted by molar-refractivity contribution is 7.93. The second-order valence-electron chi connectivity index (χ2n) is 7.61. The van der Waals surface area contributed by atoms with Crippen molar-refractivity contribution < 1.29 is 8.42 Å². The van der Waals surface area contributed by atoms with Crippen LogP contribution in [0, 0.1) is 12.8 Å². The quantitative estimate of drug-likeness (QED) is 0.717. The molecule has 6 heteroatoms. The number of benzene rings is 2. The van der Waals surface area contributed by atoms with Gasteiger partial charge in [0.15, 0.2) is 0 Å². The molecule has 1 unspecified atom stereocenters. The molecule has 0 aliphatic carbocycles. The number of rotatable bonds is 5. The molecule has 1 fully saturated rings. The second kappa shape index (κ2) is 7.53.